The van der Waals surface area contributed by atoms with Gasteiger partial charge >= 0.3 is 5.97 Å². The molecule has 0 amide bonds. The number of carbonyl (C=O) groups is 1. The van der Waals surface area contributed by atoms with E-state index in [9.17, 15) is 9.90 Å². The second-order valence-corrected chi connectivity index (χ2v) is 8.90. The highest BCUT2D eigenvalue weighted by atomic mass is 16.5. The molecule has 0 spiro atoms. The fraction of sp³-hybridized carbons (Fsp3) is 0.276. The molecule has 3 atom stereocenters. The molecule has 0 saturated heterocycles. The van der Waals surface area contributed by atoms with E-state index in [0.717, 1.165) is 16.7 Å². The van der Waals surface area contributed by atoms with Crippen LogP contribution in [0.15, 0.2) is 101 Å². The highest BCUT2D eigenvalue weighted by molar-refractivity contribution is 6.13. The first-order chi connectivity index (χ1) is 16.5. The Morgan fingerprint density at radius 2 is 1.47 bits per heavy atom. The molecule has 0 heterocycles. The number of aliphatic hydroxyl groups is 1. The third-order valence-electron chi connectivity index (χ3n) is 6.12. The molecule has 5 nitrogen and oxygen atoms in total. The average Bonchev–Trinajstić information content (AvgIpc) is 2.85. The molecule has 0 aromatic heterocycles. The summed E-state index contributed by atoms with van der Waals surface area (Å²) in [6.45, 7) is 3.87. The van der Waals surface area contributed by atoms with Crippen LogP contribution in [-0.4, -0.2) is 34.7 Å². The molecule has 4 rings (SSSR count). The van der Waals surface area contributed by atoms with Crippen LogP contribution in [0.3, 0.4) is 0 Å². The fourth-order valence-corrected chi connectivity index (χ4v) is 4.62. The number of rotatable bonds is 6. The van der Waals surface area contributed by atoms with Crippen LogP contribution >= 0.6 is 0 Å². The van der Waals surface area contributed by atoms with Crippen molar-refractivity contribution in [3.05, 3.63) is 108 Å². The zero-order valence-electron chi connectivity index (χ0n) is 19.6. The summed E-state index contributed by atoms with van der Waals surface area (Å²) in [5.74, 6) is -1.20. The molecule has 0 aliphatic heterocycles. The van der Waals surface area contributed by atoms with E-state index < -0.39 is 11.5 Å². The molecule has 0 bridgehead atoms. The predicted octanol–water partition coefficient (Wildman–Crippen LogP) is 5.39. The van der Waals surface area contributed by atoms with Gasteiger partial charge in [0.05, 0.1) is 17.9 Å². The van der Waals surface area contributed by atoms with E-state index >= 15 is 0 Å². The maximum atomic E-state index is 13.2. The van der Waals surface area contributed by atoms with E-state index in [1.807, 2.05) is 91.0 Å². The second kappa shape index (κ2) is 10.6. The lowest BCUT2D eigenvalue weighted by molar-refractivity contribution is -0.147. The topological polar surface area (TPSA) is 71.2 Å². The lowest BCUT2D eigenvalue weighted by Crippen LogP contribution is -2.45. The van der Waals surface area contributed by atoms with Crippen molar-refractivity contribution in [2.75, 3.05) is 6.61 Å². The molecule has 1 N–H and O–H groups in total. The van der Waals surface area contributed by atoms with Gasteiger partial charge in [-0.25, -0.2) is 0 Å². The first-order valence-corrected chi connectivity index (χ1v) is 11.7. The smallest absolute Gasteiger partial charge is 0.315 e. The summed E-state index contributed by atoms with van der Waals surface area (Å²) in [7, 11) is 0. The van der Waals surface area contributed by atoms with Crippen LogP contribution in [0.2, 0.25) is 0 Å². The Labute approximate surface area is 200 Å². The van der Waals surface area contributed by atoms with Crippen LogP contribution in [0.4, 0.5) is 0 Å². The average molecular weight is 455 g/mol. The molecule has 0 unspecified atom stereocenters. The lowest BCUT2D eigenvalue weighted by Gasteiger charge is -2.39. The quantitative estimate of drug-likeness (QED) is 0.308. The number of hydrogen-bond donors (Lipinski definition) is 1. The molecule has 0 radical (unpaired) electrons. The monoisotopic (exact) mass is 454 g/mol. The van der Waals surface area contributed by atoms with Crippen molar-refractivity contribution in [1.82, 2.24) is 0 Å². The minimum Gasteiger partial charge on any atom is -0.465 e. The number of ether oxygens (including phenoxy) is 1. The van der Waals surface area contributed by atoms with Crippen molar-refractivity contribution in [2.45, 2.75) is 38.2 Å². The van der Waals surface area contributed by atoms with Gasteiger partial charge in [0, 0.05) is 23.5 Å². The van der Waals surface area contributed by atoms with Crippen molar-refractivity contribution in [1.29, 1.82) is 0 Å². The molecule has 174 valence electrons. The molecular formula is C29H30N2O3. The van der Waals surface area contributed by atoms with Crippen LogP contribution in [-0.2, 0) is 9.53 Å². The van der Waals surface area contributed by atoms with Crippen molar-refractivity contribution in [2.24, 2.45) is 16.1 Å². The zero-order valence-corrected chi connectivity index (χ0v) is 19.6. The Morgan fingerprint density at radius 1 is 0.941 bits per heavy atom. The number of hydrogen-bond acceptors (Lipinski definition) is 5. The van der Waals surface area contributed by atoms with Gasteiger partial charge in [-0.2, -0.15) is 5.10 Å². The molecule has 1 saturated carbocycles. The normalized spacial score (nSPS) is 23.3. The summed E-state index contributed by atoms with van der Waals surface area (Å²) in [5, 5.41) is 20.4. The largest absolute Gasteiger partial charge is 0.465 e. The first kappa shape index (κ1) is 23.6. The van der Waals surface area contributed by atoms with E-state index in [0.29, 0.717) is 17.8 Å². The van der Waals surface area contributed by atoms with Gasteiger partial charge in [-0.05, 0) is 25.8 Å². The van der Waals surface area contributed by atoms with E-state index in [2.05, 4.69) is 10.2 Å². The molecular weight excluding hydrogens is 424 g/mol. The Morgan fingerprint density at radius 3 is 2.00 bits per heavy atom. The maximum absolute atomic E-state index is 13.2. The first-order valence-electron chi connectivity index (χ1n) is 11.7. The highest BCUT2D eigenvalue weighted by Crippen LogP contribution is 2.42. The van der Waals surface area contributed by atoms with Crippen LogP contribution < -0.4 is 0 Å². The molecule has 3 aromatic rings. The van der Waals surface area contributed by atoms with Crippen molar-refractivity contribution in [3.63, 3.8) is 0 Å². The van der Waals surface area contributed by atoms with Crippen molar-refractivity contribution in [3.8, 4) is 0 Å². The summed E-state index contributed by atoms with van der Waals surface area (Å²) < 4.78 is 5.46. The van der Waals surface area contributed by atoms with Gasteiger partial charge in [0.2, 0.25) is 0 Å². The standard InChI is InChI=1S/C29H30N2O3/c1-3-34-28(32)26-24(21-13-7-4-8-14-21)19-29(2,33)20-25(26)30-31-27(22-15-9-5-10-16-22)23-17-11-6-12-18-23/h4-18,24,26,33H,3,19-20H2,1-2H3/b30-25-/t24-,26-,29-/m1/s1. The summed E-state index contributed by atoms with van der Waals surface area (Å²) in [6, 6.07) is 29.5. The maximum Gasteiger partial charge on any atom is 0.315 e. The minimum atomic E-state index is -1.02. The number of esters is 1. The van der Waals surface area contributed by atoms with Crippen LogP contribution in [0.1, 0.15) is 49.3 Å². The van der Waals surface area contributed by atoms with Gasteiger partial charge < -0.3 is 9.84 Å². The SMILES string of the molecule is CCOC(=O)[C@H]1/C(=N\N=C(c2ccccc2)c2ccccc2)C[C@](C)(O)C[C@@H]1c1ccccc1. The summed E-state index contributed by atoms with van der Waals surface area (Å²) >= 11 is 0. The third kappa shape index (κ3) is 5.49. The third-order valence-corrected chi connectivity index (χ3v) is 6.12. The van der Waals surface area contributed by atoms with Crippen LogP contribution in [0, 0.1) is 5.92 Å². The minimum absolute atomic E-state index is 0.250. The van der Waals surface area contributed by atoms with Crippen molar-refractivity contribution >= 4 is 17.4 Å². The highest BCUT2D eigenvalue weighted by Gasteiger charge is 2.45. The van der Waals surface area contributed by atoms with E-state index in [1.165, 1.54) is 0 Å². The van der Waals surface area contributed by atoms with Gasteiger partial charge in [0.1, 0.15) is 11.6 Å². The Bertz CT molecular complexity index is 1110. The Kier molecular flexibility index (Phi) is 7.33. The van der Waals surface area contributed by atoms with Crippen molar-refractivity contribution < 1.29 is 14.6 Å². The molecule has 3 aromatic carbocycles. The Hall–Kier alpha value is -3.57. The van der Waals surface area contributed by atoms with Crippen LogP contribution in [0.25, 0.3) is 0 Å². The van der Waals surface area contributed by atoms with Gasteiger partial charge in [-0.1, -0.05) is 91.0 Å². The number of benzene rings is 3. The van der Waals surface area contributed by atoms with E-state index in [4.69, 9.17) is 4.74 Å². The number of carbonyl (C=O) groups excluding carboxylic acids is 1. The number of nitrogens with zero attached hydrogens (tertiary/aromatic N) is 2. The van der Waals surface area contributed by atoms with Crippen LogP contribution in [0.5, 0.6) is 0 Å². The van der Waals surface area contributed by atoms with E-state index in [-0.39, 0.29) is 24.9 Å². The van der Waals surface area contributed by atoms with Gasteiger partial charge in [-0.15, -0.1) is 5.10 Å². The van der Waals surface area contributed by atoms with Gasteiger partial charge in [0.15, 0.2) is 0 Å². The summed E-state index contributed by atoms with van der Waals surface area (Å²) in [4.78, 5) is 13.2. The Balaban J connectivity index is 1.83. The molecule has 1 fully saturated rings. The summed E-state index contributed by atoms with van der Waals surface area (Å²) in [6.07, 6.45) is 0.688. The van der Waals surface area contributed by atoms with E-state index in [1.54, 1.807) is 13.8 Å². The second-order valence-electron chi connectivity index (χ2n) is 8.90. The zero-order chi connectivity index (χ0) is 24.0. The molecule has 1 aliphatic carbocycles. The lowest BCUT2D eigenvalue weighted by atomic mass is 9.68. The van der Waals surface area contributed by atoms with Gasteiger partial charge in [0.25, 0.3) is 0 Å². The fourth-order valence-electron chi connectivity index (χ4n) is 4.62. The molecule has 34 heavy (non-hydrogen) atoms. The molecule has 5 heteroatoms. The van der Waals surface area contributed by atoms with Gasteiger partial charge in [-0.3, -0.25) is 4.79 Å². The summed E-state index contributed by atoms with van der Waals surface area (Å²) in [5.41, 5.74) is 3.05. The predicted molar refractivity (Wildman–Crippen MR) is 135 cm³/mol. The molecule has 1 aliphatic rings.